The zero-order chi connectivity index (χ0) is 18.0. The van der Waals surface area contributed by atoms with Crippen LogP contribution in [0.5, 0.6) is 0 Å². The van der Waals surface area contributed by atoms with Crippen molar-refractivity contribution in [1.82, 2.24) is 15.4 Å². The Labute approximate surface area is 145 Å². The van der Waals surface area contributed by atoms with E-state index in [0.29, 0.717) is 11.3 Å². The largest absolute Gasteiger partial charge is 0.344 e. The van der Waals surface area contributed by atoms with Gasteiger partial charge >= 0.3 is 0 Å². The van der Waals surface area contributed by atoms with Gasteiger partial charge in [0.1, 0.15) is 5.69 Å². The molecule has 6 nitrogen and oxygen atoms in total. The van der Waals surface area contributed by atoms with Crippen molar-refractivity contribution in [2.75, 3.05) is 0 Å². The number of benzene rings is 2. The highest BCUT2D eigenvalue weighted by Gasteiger charge is 2.17. The lowest BCUT2D eigenvalue weighted by Gasteiger charge is -2.15. The lowest BCUT2D eigenvalue weighted by atomic mass is 10.0. The van der Waals surface area contributed by atoms with E-state index < -0.39 is 5.91 Å². The zero-order valence-corrected chi connectivity index (χ0v) is 14.0. The van der Waals surface area contributed by atoms with Gasteiger partial charge in [-0.2, -0.15) is 0 Å². The van der Waals surface area contributed by atoms with Crippen LogP contribution in [-0.4, -0.2) is 21.6 Å². The molecule has 0 aliphatic rings. The third-order valence-corrected chi connectivity index (χ3v) is 4.28. The Morgan fingerprint density at radius 2 is 1.80 bits per heavy atom. The second kappa shape index (κ2) is 6.78. The molecule has 3 N–H and O–H groups in total. The number of aryl methyl sites for hydroxylation is 1. The minimum Gasteiger partial charge on any atom is -0.344 e. The van der Waals surface area contributed by atoms with Crippen molar-refractivity contribution in [1.29, 1.82) is 0 Å². The van der Waals surface area contributed by atoms with E-state index in [-0.39, 0.29) is 11.9 Å². The van der Waals surface area contributed by atoms with Gasteiger partial charge in [-0.05, 0) is 36.8 Å². The topological polar surface area (TPSA) is 83.4 Å². The molecule has 6 heteroatoms. The van der Waals surface area contributed by atoms with Gasteiger partial charge in [-0.25, -0.2) is 5.48 Å². The normalized spacial score (nSPS) is 12.0. The second-order valence-electron chi connectivity index (χ2n) is 5.91. The standard InChI is InChI=1S/C19H19N3O3/c1-12(13-7-5-8-15(10-13)18(23)21-25)20-19(24)17-11-14-6-3-4-9-16(14)22(17)2/h3-12,25H,1-2H3,(H,20,24)(H,21,23). The Kier molecular flexibility index (Phi) is 4.54. The van der Waals surface area contributed by atoms with Gasteiger partial charge in [0.25, 0.3) is 11.8 Å². The number of hydrogen-bond donors (Lipinski definition) is 3. The molecule has 3 aromatic rings. The lowest BCUT2D eigenvalue weighted by Crippen LogP contribution is -2.28. The summed E-state index contributed by atoms with van der Waals surface area (Å²) in [5.74, 6) is -0.780. The number of aromatic nitrogens is 1. The molecule has 0 spiro atoms. The Morgan fingerprint density at radius 1 is 1.04 bits per heavy atom. The summed E-state index contributed by atoms with van der Waals surface area (Å²) in [7, 11) is 1.86. The maximum Gasteiger partial charge on any atom is 0.274 e. The number of hydroxylamine groups is 1. The van der Waals surface area contributed by atoms with E-state index in [1.165, 1.54) is 0 Å². The average molecular weight is 337 g/mol. The summed E-state index contributed by atoms with van der Waals surface area (Å²) in [6.45, 7) is 1.84. The van der Waals surface area contributed by atoms with Crippen molar-refractivity contribution in [3.8, 4) is 0 Å². The van der Waals surface area contributed by atoms with Gasteiger partial charge in [0.15, 0.2) is 0 Å². The number of nitrogens with one attached hydrogen (secondary N) is 2. The highest BCUT2D eigenvalue weighted by Crippen LogP contribution is 2.20. The Bertz CT molecular complexity index is 946. The van der Waals surface area contributed by atoms with Gasteiger partial charge in [-0.1, -0.05) is 30.3 Å². The molecular formula is C19H19N3O3. The number of nitrogens with zero attached hydrogens (tertiary/aromatic N) is 1. The predicted octanol–water partition coefficient (Wildman–Crippen LogP) is 2.79. The summed E-state index contributed by atoms with van der Waals surface area (Å²) < 4.78 is 1.85. The number of fused-ring (bicyclic) bond motifs is 1. The van der Waals surface area contributed by atoms with E-state index in [1.807, 2.05) is 54.9 Å². The Morgan fingerprint density at radius 3 is 2.52 bits per heavy atom. The van der Waals surface area contributed by atoms with E-state index in [4.69, 9.17) is 5.21 Å². The third kappa shape index (κ3) is 3.25. The van der Waals surface area contributed by atoms with Crippen molar-refractivity contribution in [2.24, 2.45) is 7.05 Å². The predicted molar refractivity (Wildman–Crippen MR) is 94.5 cm³/mol. The van der Waals surface area contributed by atoms with E-state index in [9.17, 15) is 9.59 Å². The van der Waals surface area contributed by atoms with E-state index in [2.05, 4.69) is 5.32 Å². The molecule has 25 heavy (non-hydrogen) atoms. The fourth-order valence-electron chi connectivity index (χ4n) is 2.87. The van der Waals surface area contributed by atoms with Crippen LogP contribution in [0.25, 0.3) is 10.9 Å². The maximum atomic E-state index is 12.6. The number of carbonyl (C=O) groups excluding carboxylic acids is 2. The van der Waals surface area contributed by atoms with Gasteiger partial charge in [-0.3, -0.25) is 14.8 Å². The van der Waals surface area contributed by atoms with Crippen LogP contribution < -0.4 is 10.8 Å². The van der Waals surface area contributed by atoms with Crippen LogP contribution in [0, 0.1) is 0 Å². The molecule has 1 heterocycles. The fourth-order valence-corrected chi connectivity index (χ4v) is 2.87. The van der Waals surface area contributed by atoms with Crippen LogP contribution in [0.3, 0.4) is 0 Å². The van der Waals surface area contributed by atoms with Crippen LogP contribution in [0.1, 0.15) is 39.4 Å². The van der Waals surface area contributed by atoms with Crippen LogP contribution in [0.15, 0.2) is 54.6 Å². The summed E-state index contributed by atoms with van der Waals surface area (Å²) in [5, 5.41) is 12.7. The number of carbonyl (C=O) groups is 2. The first kappa shape index (κ1) is 16.7. The molecule has 0 fully saturated rings. The molecule has 0 aliphatic heterocycles. The molecule has 1 unspecified atom stereocenters. The molecule has 0 radical (unpaired) electrons. The van der Waals surface area contributed by atoms with Crippen molar-refractivity contribution < 1.29 is 14.8 Å². The first-order valence-electron chi connectivity index (χ1n) is 7.91. The summed E-state index contributed by atoms with van der Waals surface area (Å²) in [6.07, 6.45) is 0. The second-order valence-corrected chi connectivity index (χ2v) is 5.91. The number of para-hydroxylation sites is 1. The SMILES string of the molecule is CC(NC(=O)c1cc2ccccc2n1C)c1cccc(C(=O)NO)c1. The van der Waals surface area contributed by atoms with Crippen molar-refractivity contribution in [2.45, 2.75) is 13.0 Å². The lowest BCUT2D eigenvalue weighted by molar-refractivity contribution is 0.0706. The minimum atomic E-state index is -0.589. The minimum absolute atomic E-state index is 0.191. The summed E-state index contributed by atoms with van der Waals surface area (Å²) in [4.78, 5) is 24.2. The monoisotopic (exact) mass is 337 g/mol. The summed E-state index contributed by atoms with van der Waals surface area (Å²) >= 11 is 0. The number of hydrogen-bond acceptors (Lipinski definition) is 3. The first-order chi connectivity index (χ1) is 12.0. The van der Waals surface area contributed by atoms with Crippen LogP contribution >= 0.6 is 0 Å². The Hall–Kier alpha value is -3.12. The smallest absolute Gasteiger partial charge is 0.274 e. The third-order valence-electron chi connectivity index (χ3n) is 4.28. The molecule has 0 saturated carbocycles. The van der Waals surface area contributed by atoms with Gasteiger partial charge in [0, 0.05) is 23.5 Å². The number of rotatable bonds is 4. The van der Waals surface area contributed by atoms with E-state index >= 15 is 0 Å². The Balaban J connectivity index is 1.82. The average Bonchev–Trinajstić information content (AvgIpc) is 2.98. The fraction of sp³-hybridized carbons (Fsp3) is 0.158. The molecule has 2 amide bonds. The van der Waals surface area contributed by atoms with Crippen molar-refractivity contribution >= 4 is 22.7 Å². The zero-order valence-electron chi connectivity index (χ0n) is 14.0. The van der Waals surface area contributed by atoms with E-state index in [1.54, 1.807) is 23.7 Å². The van der Waals surface area contributed by atoms with Crippen LogP contribution in [0.4, 0.5) is 0 Å². The van der Waals surface area contributed by atoms with Crippen molar-refractivity contribution in [3.63, 3.8) is 0 Å². The highest BCUT2D eigenvalue weighted by atomic mass is 16.5. The molecule has 1 atom stereocenters. The van der Waals surface area contributed by atoms with Crippen LogP contribution in [-0.2, 0) is 7.05 Å². The van der Waals surface area contributed by atoms with Gasteiger partial charge in [-0.15, -0.1) is 0 Å². The molecule has 1 aromatic heterocycles. The van der Waals surface area contributed by atoms with Gasteiger partial charge in [0.2, 0.25) is 0 Å². The molecule has 2 aromatic carbocycles. The van der Waals surface area contributed by atoms with Gasteiger partial charge in [0.05, 0.1) is 6.04 Å². The molecule has 0 bridgehead atoms. The first-order valence-corrected chi connectivity index (χ1v) is 7.91. The highest BCUT2D eigenvalue weighted by molar-refractivity contribution is 5.99. The maximum absolute atomic E-state index is 12.6. The van der Waals surface area contributed by atoms with Crippen LogP contribution in [0.2, 0.25) is 0 Å². The number of amides is 2. The van der Waals surface area contributed by atoms with Crippen molar-refractivity contribution in [3.05, 3.63) is 71.4 Å². The molecule has 0 aliphatic carbocycles. The molecular weight excluding hydrogens is 318 g/mol. The molecule has 3 rings (SSSR count). The molecule has 0 saturated heterocycles. The molecule has 128 valence electrons. The van der Waals surface area contributed by atoms with Gasteiger partial charge < -0.3 is 9.88 Å². The van der Waals surface area contributed by atoms with E-state index in [0.717, 1.165) is 16.5 Å². The quantitative estimate of drug-likeness (QED) is 0.506. The summed E-state index contributed by atoms with van der Waals surface area (Å²) in [5.41, 5.74) is 4.26. The summed E-state index contributed by atoms with van der Waals surface area (Å²) in [6, 6.07) is 16.1.